The molecule has 0 atom stereocenters. The van der Waals surface area contributed by atoms with Crippen molar-refractivity contribution < 1.29 is 4.79 Å². The van der Waals surface area contributed by atoms with Gasteiger partial charge in [0.2, 0.25) is 5.91 Å². The molecule has 0 heterocycles. The maximum absolute atomic E-state index is 10.8. The molecule has 1 aliphatic carbocycles. The number of aliphatic imine (C=N–C) groups is 1. The third-order valence-corrected chi connectivity index (χ3v) is 1.96. The van der Waals surface area contributed by atoms with Crippen molar-refractivity contribution in [1.82, 2.24) is 5.32 Å². The number of carbonyl (C=O) groups is 1. The van der Waals surface area contributed by atoms with E-state index in [9.17, 15) is 4.79 Å². The van der Waals surface area contributed by atoms with Crippen LogP contribution < -0.4 is 5.32 Å². The van der Waals surface area contributed by atoms with Crippen LogP contribution in [0.2, 0.25) is 0 Å². The van der Waals surface area contributed by atoms with Crippen molar-refractivity contribution in [2.24, 2.45) is 4.99 Å². The molecule has 3 heteroatoms. The van der Waals surface area contributed by atoms with E-state index in [2.05, 4.69) is 17.0 Å². The van der Waals surface area contributed by atoms with Gasteiger partial charge in [0, 0.05) is 12.6 Å². The molecule has 0 spiro atoms. The summed E-state index contributed by atoms with van der Waals surface area (Å²) in [5, 5.41) is 2.79. The minimum absolute atomic E-state index is 0.0203. The van der Waals surface area contributed by atoms with E-state index in [1.54, 1.807) is 0 Å². The highest BCUT2D eigenvalue weighted by molar-refractivity contribution is 5.75. The first-order valence-corrected chi connectivity index (χ1v) is 4.20. The lowest BCUT2D eigenvalue weighted by atomic mass is 10.0. The number of allylic oxidation sites excluding steroid dienone is 2. The van der Waals surface area contributed by atoms with E-state index in [1.165, 1.54) is 6.92 Å². The van der Waals surface area contributed by atoms with E-state index in [1.807, 2.05) is 0 Å². The number of amides is 1. The summed E-state index contributed by atoms with van der Waals surface area (Å²) in [5.74, 6) is -0.0203. The van der Waals surface area contributed by atoms with Crippen molar-refractivity contribution >= 4 is 12.6 Å². The van der Waals surface area contributed by atoms with Gasteiger partial charge in [-0.15, -0.1) is 0 Å². The molecule has 0 radical (unpaired) electrons. The van der Waals surface area contributed by atoms with Crippen LogP contribution in [0, 0.1) is 0 Å². The highest BCUT2D eigenvalue weighted by atomic mass is 16.1. The molecular weight excluding hydrogens is 152 g/mol. The molecule has 0 bridgehead atoms. The highest BCUT2D eigenvalue weighted by Crippen LogP contribution is 2.23. The molecule has 12 heavy (non-hydrogen) atoms. The van der Waals surface area contributed by atoms with Crippen LogP contribution in [0.5, 0.6) is 0 Å². The molecule has 1 rings (SSSR count). The number of hydrogen-bond donors (Lipinski definition) is 1. The van der Waals surface area contributed by atoms with Crippen LogP contribution in [-0.2, 0) is 4.79 Å². The molecule has 0 aromatic heterocycles. The average molecular weight is 166 g/mol. The van der Waals surface area contributed by atoms with Gasteiger partial charge in [0.25, 0.3) is 0 Å². The van der Waals surface area contributed by atoms with Crippen molar-refractivity contribution in [3.63, 3.8) is 0 Å². The van der Waals surface area contributed by atoms with Gasteiger partial charge in [-0.1, -0.05) is 0 Å². The minimum atomic E-state index is -0.0203. The second kappa shape index (κ2) is 4.04. The molecule has 0 aromatic rings. The Hall–Kier alpha value is -1.12. The van der Waals surface area contributed by atoms with E-state index >= 15 is 0 Å². The molecule has 1 amide bonds. The summed E-state index contributed by atoms with van der Waals surface area (Å²) in [6.45, 7) is 5.00. The Morgan fingerprint density at radius 2 is 2.17 bits per heavy atom. The van der Waals surface area contributed by atoms with Gasteiger partial charge in [0.05, 0.1) is 5.70 Å². The lowest BCUT2D eigenvalue weighted by Gasteiger charge is -2.16. The molecule has 1 N–H and O–H groups in total. The van der Waals surface area contributed by atoms with Crippen LogP contribution in [0.15, 0.2) is 16.4 Å². The van der Waals surface area contributed by atoms with Crippen molar-refractivity contribution in [3.05, 3.63) is 11.4 Å². The second-order valence-electron chi connectivity index (χ2n) is 2.97. The number of nitrogens with zero attached hydrogens (tertiary/aromatic N) is 1. The molecule has 66 valence electrons. The minimum Gasteiger partial charge on any atom is -0.328 e. The Morgan fingerprint density at radius 1 is 1.50 bits per heavy atom. The van der Waals surface area contributed by atoms with Gasteiger partial charge in [0.1, 0.15) is 0 Å². The number of rotatable bonds is 2. The van der Waals surface area contributed by atoms with Gasteiger partial charge < -0.3 is 5.32 Å². The Kier molecular flexibility index (Phi) is 3.02. The monoisotopic (exact) mass is 166 g/mol. The van der Waals surface area contributed by atoms with Crippen LogP contribution in [0.4, 0.5) is 0 Å². The van der Waals surface area contributed by atoms with Crippen molar-refractivity contribution in [2.45, 2.75) is 32.6 Å². The molecule has 0 saturated carbocycles. The van der Waals surface area contributed by atoms with E-state index < -0.39 is 0 Å². The van der Waals surface area contributed by atoms with E-state index in [0.29, 0.717) is 0 Å². The first-order valence-electron chi connectivity index (χ1n) is 4.20. The predicted octanol–water partition coefficient (Wildman–Crippen LogP) is 1.61. The zero-order valence-corrected chi connectivity index (χ0v) is 7.39. The second-order valence-corrected chi connectivity index (χ2v) is 2.97. The first-order chi connectivity index (χ1) is 5.74. The Labute approximate surface area is 72.6 Å². The fourth-order valence-corrected chi connectivity index (χ4v) is 1.41. The van der Waals surface area contributed by atoms with Crippen LogP contribution in [0.1, 0.15) is 32.6 Å². The van der Waals surface area contributed by atoms with Crippen LogP contribution in [0.3, 0.4) is 0 Å². The maximum atomic E-state index is 10.8. The molecule has 0 aliphatic heterocycles. The highest BCUT2D eigenvalue weighted by Gasteiger charge is 2.11. The van der Waals surface area contributed by atoms with Crippen LogP contribution in [-0.4, -0.2) is 12.6 Å². The van der Waals surface area contributed by atoms with Crippen LogP contribution in [0.25, 0.3) is 0 Å². The predicted molar refractivity (Wildman–Crippen MR) is 48.9 cm³/mol. The standard InChI is InChI=1S/C9H14N2O/c1-7(12)11-9-6-4-3-5-8(9)10-2/h2-6H2,1H3,(H,11,12). The molecule has 0 unspecified atom stereocenters. The van der Waals surface area contributed by atoms with E-state index in [4.69, 9.17) is 0 Å². The summed E-state index contributed by atoms with van der Waals surface area (Å²) >= 11 is 0. The number of hydrogen-bond acceptors (Lipinski definition) is 2. The fraction of sp³-hybridized carbons (Fsp3) is 0.556. The Balaban J connectivity index is 2.72. The summed E-state index contributed by atoms with van der Waals surface area (Å²) in [6, 6.07) is 0. The summed E-state index contributed by atoms with van der Waals surface area (Å²) in [6.07, 6.45) is 4.15. The lowest BCUT2D eigenvalue weighted by molar-refractivity contribution is -0.118. The first kappa shape index (κ1) is 8.97. The molecule has 0 aromatic carbocycles. The SMILES string of the molecule is C=NC1=C(NC(C)=O)CCCC1. The Bertz CT molecular complexity index is 231. The molecular formula is C9H14N2O. The summed E-state index contributed by atoms with van der Waals surface area (Å²) in [4.78, 5) is 14.7. The molecule has 0 saturated heterocycles. The largest absolute Gasteiger partial charge is 0.328 e. The van der Waals surface area contributed by atoms with Crippen molar-refractivity contribution in [3.8, 4) is 0 Å². The van der Waals surface area contributed by atoms with E-state index in [-0.39, 0.29) is 5.91 Å². The van der Waals surface area contributed by atoms with Gasteiger partial charge in [-0.2, -0.15) is 0 Å². The molecule has 3 nitrogen and oxygen atoms in total. The van der Waals surface area contributed by atoms with E-state index in [0.717, 1.165) is 37.1 Å². The van der Waals surface area contributed by atoms with Gasteiger partial charge >= 0.3 is 0 Å². The quantitative estimate of drug-likeness (QED) is 0.622. The van der Waals surface area contributed by atoms with Crippen molar-refractivity contribution in [1.29, 1.82) is 0 Å². The maximum Gasteiger partial charge on any atom is 0.221 e. The molecule has 1 aliphatic rings. The fourth-order valence-electron chi connectivity index (χ4n) is 1.41. The lowest BCUT2D eigenvalue weighted by Crippen LogP contribution is -2.22. The smallest absolute Gasteiger partial charge is 0.221 e. The van der Waals surface area contributed by atoms with Gasteiger partial charge in [-0.05, 0) is 32.4 Å². The normalized spacial score (nSPS) is 17.4. The van der Waals surface area contributed by atoms with Crippen LogP contribution >= 0.6 is 0 Å². The third kappa shape index (κ3) is 2.19. The zero-order valence-electron chi connectivity index (χ0n) is 7.39. The van der Waals surface area contributed by atoms with Gasteiger partial charge in [-0.3, -0.25) is 9.79 Å². The number of nitrogens with one attached hydrogen (secondary N) is 1. The van der Waals surface area contributed by atoms with Crippen molar-refractivity contribution in [2.75, 3.05) is 0 Å². The molecule has 0 fully saturated rings. The number of carbonyl (C=O) groups excluding carboxylic acids is 1. The van der Waals surface area contributed by atoms with Gasteiger partial charge in [-0.25, -0.2) is 0 Å². The summed E-state index contributed by atoms with van der Waals surface area (Å²) < 4.78 is 0. The summed E-state index contributed by atoms with van der Waals surface area (Å²) in [7, 11) is 0. The summed E-state index contributed by atoms with van der Waals surface area (Å²) in [5.41, 5.74) is 1.92. The average Bonchev–Trinajstić information content (AvgIpc) is 2.04. The van der Waals surface area contributed by atoms with Gasteiger partial charge in [0.15, 0.2) is 0 Å². The Morgan fingerprint density at radius 3 is 2.75 bits per heavy atom. The topological polar surface area (TPSA) is 41.5 Å². The zero-order chi connectivity index (χ0) is 8.97. The third-order valence-electron chi connectivity index (χ3n) is 1.96.